The summed E-state index contributed by atoms with van der Waals surface area (Å²) in [5.74, 6) is 0.989. The van der Waals surface area contributed by atoms with Crippen LogP contribution >= 0.6 is 0 Å². The van der Waals surface area contributed by atoms with E-state index in [2.05, 4.69) is 15.0 Å². The van der Waals surface area contributed by atoms with Gasteiger partial charge in [-0.1, -0.05) is 12.1 Å². The standard InChI is InChI=1S/C14H21F2N3O/c1-4-17-14(18-5-2)19(3)10-11-6-8-12(9-7-11)20-13(15)16/h6-9,13H,4-5,10H2,1-3H3,(H,17,18). The van der Waals surface area contributed by atoms with Gasteiger partial charge in [-0.15, -0.1) is 0 Å². The third-order valence-electron chi connectivity index (χ3n) is 2.57. The molecule has 0 bridgehead atoms. The minimum absolute atomic E-state index is 0.167. The van der Waals surface area contributed by atoms with E-state index in [1.165, 1.54) is 0 Å². The summed E-state index contributed by atoms with van der Waals surface area (Å²) >= 11 is 0. The Morgan fingerprint density at radius 2 is 1.95 bits per heavy atom. The first-order valence-electron chi connectivity index (χ1n) is 6.60. The molecule has 0 saturated heterocycles. The Bertz CT molecular complexity index is 421. The molecule has 1 rings (SSSR count). The van der Waals surface area contributed by atoms with Crippen molar-refractivity contribution in [1.82, 2.24) is 10.2 Å². The minimum atomic E-state index is -2.79. The molecular weight excluding hydrogens is 264 g/mol. The minimum Gasteiger partial charge on any atom is -0.435 e. The zero-order chi connectivity index (χ0) is 15.0. The summed E-state index contributed by atoms with van der Waals surface area (Å²) in [6.07, 6.45) is 0. The molecule has 0 amide bonds. The Labute approximate surface area is 118 Å². The summed E-state index contributed by atoms with van der Waals surface area (Å²) < 4.78 is 28.4. The Morgan fingerprint density at radius 1 is 1.30 bits per heavy atom. The molecule has 20 heavy (non-hydrogen) atoms. The zero-order valence-corrected chi connectivity index (χ0v) is 12.1. The number of guanidine groups is 1. The Balaban J connectivity index is 2.65. The van der Waals surface area contributed by atoms with Crippen LogP contribution in [-0.4, -0.2) is 37.6 Å². The van der Waals surface area contributed by atoms with Crippen molar-refractivity contribution in [2.24, 2.45) is 4.99 Å². The molecule has 0 saturated carbocycles. The van der Waals surface area contributed by atoms with E-state index < -0.39 is 6.61 Å². The van der Waals surface area contributed by atoms with E-state index in [0.29, 0.717) is 13.1 Å². The van der Waals surface area contributed by atoms with Crippen LogP contribution in [0.25, 0.3) is 0 Å². The summed E-state index contributed by atoms with van der Waals surface area (Å²) in [6, 6.07) is 6.62. The predicted molar refractivity (Wildman–Crippen MR) is 76.2 cm³/mol. The molecular formula is C14H21F2N3O. The quantitative estimate of drug-likeness (QED) is 0.645. The van der Waals surface area contributed by atoms with Crippen LogP contribution in [0, 0.1) is 0 Å². The lowest BCUT2D eigenvalue weighted by Gasteiger charge is -2.22. The molecule has 4 nitrogen and oxygen atoms in total. The number of nitrogens with zero attached hydrogens (tertiary/aromatic N) is 2. The lowest BCUT2D eigenvalue weighted by molar-refractivity contribution is -0.0498. The molecule has 0 aromatic heterocycles. The van der Waals surface area contributed by atoms with E-state index in [1.807, 2.05) is 25.8 Å². The van der Waals surface area contributed by atoms with Crippen molar-refractivity contribution in [1.29, 1.82) is 0 Å². The van der Waals surface area contributed by atoms with Crippen LogP contribution in [-0.2, 0) is 6.54 Å². The highest BCUT2D eigenvalue weighted by molar-refractivity contribution is 5.79. The number of alkyl halides is 2. The first kappa shape index (κ1) is 16.2. The molecule has 0 fully saturated rings. The van der Waals surface area contributed by atoms with Crippen LogP contribution in [0.2, 0.25) is 0 Å². The third kappa shape index (κ3) is 5.42. The van der Waals surface area contributed by atoms with E-state index in [0.717, 1.165) is 18.1 Å². The molecule has 1 aromatic rings. The number of hydrogen-bond donors (Lipinski definition) is 1. The SMILES string of the molecule is CCN=C(NCC)N(C)Cc1ccc(OC(F)F)cc1. The fourth-order valence-electron chi connectivity index (χ4n) is 1.74. The van der Waals surface area contributed by atoms with Gasteiger partial charge in [-0.05, 0) is 31.5 Å². The average Bonchev–Trinajstić information content (AvgIpc) is 2.40. The molecule has 6 heteroatoms. The monoisotopic (exact) mass is 285 g/mol. The van der Waals surface area contributed by atoms with Crippen LogP contribution in [0.4, 0.5) is 8.78 Å². The second-order valence-electron chi connectivity index (χ2n) is 4.21. The van der Waals surface area contributed by atoms with Gasteiger partial charge in [0.25, 0.3) is 0 Å². The molecule has 112 valence electrons. The highest BCUT2D eigenvalue weighted by atomic mass is 19.3. The van der Waals surface area contributed by atoms with Crippen LogP contribution in [0.5, 0.6) is 5.75 Å². The summed E-state index contributed by atoms with van der Waals surface area (Å²) in [7, 11) is 1.93. The lowest BCUT2D eigenvalue weighted by Crippen LogP contribution is -2.38. The predicted octanol–water partition coefficient (Wildman–Crippen LogP) is 2.71. The number of hydrogen-bond acceptors (Lipinski definition) is 2. The van der Waals surface area contributed by atoms with Crippen molar-refractivity contribution in [2.45, 2.75) is 27.0 Å². The average molecular weight is 285 g/mol. The van der Waals surface area contributed by atoms with Gasteiger partial charge in [0.1, 0.15) is 5.75 Å². The smallest absolute Gasteiger partial charge is 0.387 e. The topological polar surface area (TPSA) is 36.9 Å². The zero-order valence-electron chi connectivity index (χ0n) is 12.1. The van der Waals surface area contributed by atoms with Crippen LogP contribution in [0.15, 0.2) is 29.3 Å². The van der Waals surface area contributed by atoms with Gasteiger partial charge in [-0.2, -0.15) is 8.78 Å². The largest absolute Gasteiger partial charge is 0.435 e. The summed E-state index contributed by atoms with van der Waals surface area (Å²) in [6.45, 7) is 3.33. The second kappa shape index (κ2) is 8.35. The van der Waals surface area contributed by atoms with E-state index >= 15 is 0 Å². The van der Waals surface area contributed by atoms with Crippen molar-refractivity contribution in [3.8, 4) is 5.75 Å². The number of ether oxygens (including phenoxy) is 1. The fourth-order valence-corrected chi connectivity index (χ4v) is 1.74. The van der Waals surface area contributed by atoms with Crippen LogP contribution in [0.3, 0.4) is 0 Å². The normalized spacial score (nSPS) is 11.6. The van der Waals surface area contributed by atoms with Gasteiger partial charge in [0.05, 0.1) is 0 Å². The van der Waals surface area contributed by atoms with Crippen molar-refractivity contribution >= 4 is 5.96 Å². The van der Waals surface area contributed by atoms with Crippen LogP contribution < -0.4 is 10.1 Å². The van der Waals surface area contributed by atoms with Gasteiger partial charge in [0.2, 0.25) is 0 Å². The Hall–Kier alpha value is -1.85. The van der Waals surface area contributed by atoms with Gasteiger partial charge < -0.3 is 15.0 Å². The number of aliphatic imine (C=N–C) groups is 1. The summed E-state index contributed by atoms with van der Waals surface area (Å²) in [5.41, 5.74) is 0.996. The van der Waals surface area contributed by atoms with E-state index in [4.69, 9.17) is 0 Å². The van der Waals surface area contributed by atoms with Crippen molar-refractivity contribution < 1.29 is 13.5 Å². The van der Waals surface area contributed by atoms with Gasteiger partial charge in [-0.25, -0.2) is 0 Å². The van der Waals surface area contributed by atoms with Gasteiger partial charge in [-0.3, -0.25) is 4.99 Å². The van der Waals surface area contributed by atoms with Crippen molar-refractivity contribution in [2.75, 3.05) is 20.1 Å². The van der Waals surface area contributed by atoms with Gasteiger partial charge in [0, 0.05) is 26.7 Å². The maximum Gasteiger partial charge on any atom is 0.387 e. The molecule has 0 unspecified atom stereocenters. The molecule has 1 N–H and O–H groups in total. The highest BCUT2D eigenvalue weighted by Crippen LogP contribution is 2.15. The molecule has 0 spiro atoms. The Morgan fingerprint density at radius 3 is 2.45 bits per heavy atom. The molecule has 0 aliphatic rings. The second-order valence-corrected chi connectivity index (χ2v) is 4.21. The van der Waals surface area contributed by atoms with Gasteiger partial charge in [0.15, 0.2) is 5.96 Å². The van der Waals surface area contributed by atoms with Crippen LogP contribution in [0.1, 0.15) is 19.4 Å². The first-order valence-corrected chi connectivity index (χ1v) is 6.60. The molecule has 1 aromatic carbocycles. The van der Waals surface area contributed by atoms with E-state index in [9.17, 15) is 8.78 Å². The summed E-state index contributed by atoms with van der Waals surface area (Å²) in [4.78, 5) is 6.36. The number of halogens is 2. The molecule has 0 radical (unpaired) electrons. The van der Waals surface area contributed by atoms with Gasteiger partial charge >= 0.3 is 6.61 Å². The lowest BCUT2D eigenvalue weighted by atomic mass is 10.2. The summed E-state index contributed by atoms with van der Waals surface area (Å²) in [5, 5.41) is 3.19. The first-order chi connectivity index (χ1) is 9.56. The maximum absolute atomic E-state index is 12.1. The fraction of sp³-hybridized carbons (Fsp3) is 0.500. The number of rotatable bonds is 6. The molecule has 0 aliphatic heterocycles. The Kier molecular flexibility index (Phi) is 6.76. The molecule has 0 heterocycles. The highest BCUT2D eigenvalue weighted by Gasteiger charge is 2.07. The van der Waals surface area contributed by atoms with Crippen molar-refractivity contribution in [3.63, 3.8) is 0 Å². The number of benzene rings is 1. The number of nitrogens with one attached hydrogen (secondary N) is 1. The third-order valence-corrected chi connectivity index (χ3v) is 2.57. The maximum atomic E-state index is 12.1. The van der Waals surface area contributed by atoms with E-state index in [1.54, 1.807) is 24.3 Å². The molecule has 0 atom stereocenters. The van der Waals surface area contributed by atoms with E-state index in [-0.39, 0.29) is 5.75 Å². The van der Waals surface area contributed by atoms with Crippen molar-refractivity contribution in [3.05, 3.63) is 29.8 Å². The molecule has 0 aliphatic carbocycles.